The van der Waals surface area contributed by atoms with Crippen molar-refractivity contribution < 1.29 is 9.53 Å². The Morgan fingerprint density at radius 2 is 2.00 bits per heavy atom. The number of carbonyl (C=O) groups is 1. The van der Waals surface area contributed by atoms with Crippen LogP contribution in [0.2, 0.25) is 0 Å². The third-order valence-electron chi connectivity index (χ3n) is 6.14. The lowest BCUT2D eigenvalue weighted by molar-refractivity contribution is -0.144. The SMILES string of the molecule is CCCC(CC(=O)OCC)n1c(=O)n([C@@H](C)c2c[nH]c3cccc(C)c23)c2ncccc21. The largest absolute Gasteiger partial charge is 0.466 e. The Bertz CT molecular complexity index is 1310. The van der Waals surface area contributed by atoms with Crippen molar-refractivity contribution in [2.24, 2.45) is 0 Å². The van der Waals surface area contributed by atoms with Crippen LogP contribution >= 0.6 is 0 Å². The molecule has 0 radical (unpaired) electrons. The topological polar surface area (TPSA) is 81.9 Å². The molecule has 1 aromatic carbocycles. The van der Waals surface area contributed by atoms with Crippen LogP contribution in [0.25, 0.3) is 22.1 Å². The monoisotopic (exact) mass is 434 g/mol. The van der Waals surface area contributed by atoms with Crippen molar-refractivity contribution in [3.63, 3.8) is 0 Å². The maximum Gasteiger partial charge on any atom is 0.331 e. The van der Waals surface area contributed by atoms with Gasteiger partial charge >= 0.3 is 11.7 Å². The molecular weight excluding hydrogens is 404 g/mol. The highest BCUT2D eigenvalue weighted by atomic mass is 16.5. The smallest absolute Gasteiger partial charge is 0.331 e. The molecule has 0 saturated carbocycles. The van der Waals surface area contributed by atoms with Crippen molar-refractivity contribution in [1.82, 2.24) is 19.1 Å². The number of hydrogen-bond donors (Lipinski definition) is 1. The Balaban J connectivity index is 1.89. The lowest BCUT2D eigenvalue weighted by Crippen LogP contribution is -2.31. The van der Waals surface area contributed by atoms with Crippen LogP contribution in [0.4, 0.5) is 0 Å². The maximum absolute atomic E-state index is 13.8. The third kappa shape index (κ3) is 3.72. The molecule has 4 rings (SSSR count). The molecule has 0 amide bonds. The van der Waals surface area contributed by atoms with Crippen molar-refractivity contribution in [2.75, 3.05) is 6.61 Å². The summed E-state index contributed by atoms with van der Waals surface area (Å²) >= 11 is 0. The summed E-state index contributed by atoms with van der Waals surface area (Å²) in [5, 5.41) is 1.13. The van der Waals surface area contributed by atoms with E-state index in [1.54, 1.807) is 22.3 Å². The number of rotatable bonds is 8. The van der Waals surface area contributed by atoms with Gasteiger partial charge in [-0.05, 0) is 51.0 Å². The minimum Gasteiger partial charge on any atom is -0.466 e. The molecule has 0 aliphatic heterocycles. The fourth-order valence-corrected chi connectivity index (χ4v) is 4.71. The summed E-state index contributed by atoms with van der Waals surface area (Å²) in [6, 6.07) is 9.36. The minimum absolute atomic E-state index is 0.156. The molecule has 32 heavy (non-hydrogen) atoms. The van der Waals surface area contributed by atoms with Crippen LogP contribution in [0.3, 0.4) is 0 Å². The average molecular weight is 435 g/mol. The van der Waals surface area contributed by atoms with E-state index >= 15 is 0 Å². The molecular formula is C25H30N4O3. The number of esters is 1. The highest BCUT2D eigenvalue weighted by Gasteiger charge is 2.27. The first-order chi connectivity index (χ1) is 15.5. The van der Waals surface area contributed by atoms with Crippen LogP contribution in [-0.4, -0.2) is 31.7 Å². The quantitative estimate of drug-likeness (QED) is 0.400. The Morgan fingerprint density at radius 1 is 1.19 bits per heavy atom. The Kier molecular flexibility index (Phi) is 6.17. The molecule has 3 aromatic heterocycles. The number of fused-ring (bicyclic) bond motifs is 2. The van der Waals surface area contributed by atoms with Gasteiger partial charge in [-0.25, -0.2) is 9.78 Å². The van der Waals surface area contributed by atoms with E-state index in [-0.39, 0.29) is 30.2 Å². The van der Waals surface area contributed by atoms with E-state index in [1.165, 1.54) is 0 Å². The van der Waals surface area contributed by atoms with E-state index in [9.17, 15) is 9.59 Å². The van der Waals surface area contributed by atoms with Gasteiger partial charge in [-0.1, -0.05) is 25.5 Å². The second-order valence-corrected chi connectivity index (χ2v) is 8.24. The molecule has 7 heteroatoms. The molecule has 0 saturated heterocycles. The standard InChI is InChI=1S/C25H30N4O3/c1-5-9-18(14-22(30)32-6-2)29-21-12-8-13-26-24(21)28(25(29)31)17(4)19-15-27-20-11-7-10-16(3)23(19)20/h7-8,10-13,15,17-18,27H,5-6,9,14H2,1-4H3/t17-,18?/m0/s1. The number of H-pyrrole nitrogens is 1. The van der Waals surface area contributed by atoms with Crippen molar-refractivity contribution in [3.8, 4) is 0 Å². The first-order valence-corrected chi connectivity index (χ1v) is 11.3. The second-order valence-electron chi connectivity index (χ2n) is 8.24. The molecule has 0 aliphatic rings. The fourth-order valence-electron chi connectivity index (χ4n) is 4.71. The van der Waals surface area contributed by atoms with Gasteiger partial charge in [0.1, 0.15) is 0 Å². The third-order valence-corrected chi connectivity index (χ3v) is 6.14. The van der Waals surface area contributed by atoms with Gasteiger partial charge in [-0.15, -0.1) is 0 Å². The zero-order valence-electron chi connectivity index (χ0n) is 19.1. The molecule has 7 nitrogen and oxygen atoms in total. The van der Waals surface area contributed by atoms with Gasteiger partial charge in [-0.3, -0.25) is 13.9 Å². The molecule has 0 bridgehead atoms. The number of imidazole rings is 1. The first-order valence-electron chi connectivity index (χ1n) is 11.3. The van der Waals surface area contributed by atoms with Crippen LogP contribution in [0, 0.1) is 6.92 Å². The number of ether oxygens (including phenoxy) is 1. The van der Waals surface area contributed by atoms with Crippen LogP contribution in [0.1, 0.15) is 63.2 Å². The molecule has 0 aliphatic carbocycles. The van der Waals surface area contributed by atoms with Gasteiger partial charge in [-0.2, -0.15) is 0 Å². The van der Waals surface area contributed by atoms with E-state index in [0.29, 0.717) is 18.7 Å². The Labute approximate surface area is 187 Å². The number of carbonyl (C=O) groups excluding carboxylic acids is 1. The number of pyridine rings is 1. The van der Waals surface area contributed by atoms with Crippen LogP contribution in [0.15, 0.2) is 47.5 Å². The van der Waals surface area contributed by atoms with Gasteiger partial charge in [0.15, 0.2) is 5.65 Å². The summed E-state index contributed by atoms with van der Waals surface area (Å²) in [5.41, 5.74) is 4.45. The van der Waals surface area contributed by atoms with Crippen molar-refractivity contribution in [2.45, 2.75) is 59.0 Å². The summed E-state index contributed by atoms with van der Waals surface area (Å²) in [4.78, 5) is 34.0. The first kappa shape index (κ1) is 21.9. The molecule has 3 heterocycles. The van der Waals surface area contributed by atoms with Gasteiger partial charge in [0, 0.05) is 34.9 Å². The fraction of sp³-hybridized carbons (Fsp3) is 0.400. The summed E-state index contributed by atoms with van der Waals surface area (Å²) in [6.45, 7) is 8.27. The number of aromatic amines is 1. The number of aryl methyl sites for hydroxylation is 1. The lowest BCUT2D eigenvalue weighted by atomic mass is 10.0. The number of nitrogens with one attached hydrogen (secondary N) is 1. The minimum atomic E-state index is -0.289. The number of hydrogen-bond acceptors (Lipinski definition) is 4. The maximum atomic E-state index is 13.8. The highest BCUT2D eigenvalue weighted by molar-refractivity contribution is 5.87. The molecule has 0 fully saturated rings. The van der Waals surface area contributed by atoms with Crippen LogP contribution < -0.4 is 5.69 Å². The van der Waals surface area contributed by atoms with E-state index in [0.717, 1.165) is 34.0 Å². The van der Waals surface area contributed by atoms with Gasteiger partial charge in [0.05, 0.1) is 24.6 Å². The van der Waals surface area contributed by atoms with Crippen molar-refractivity contribution >= 4 is 28.0 Å². The zero-order valence-corrected chi connectivity index (χ0v) is 19.1. The predicted molar refractivity (Wildman–Crippen MR) is 126 cm³/mol. The van der Waals surface area contributed by atoms with Crippen molar-refractivity contribution in [1.29, 1.82) is 0 Å². The second kappa shape index (κ2) is 9.02. The summed E-state index contributed by atoms with van der Waals surface area (Å²) in [7, 11) is 0. The molecule has 0 spiro atoms. The Hall–Kier alpha value is -3.35. The molecule has 1 N–H and O–H groups in total. The molecule has 2 atom stereocenters. The Morgan fingerprint density at radius 3 is 2.75 bits per heavy atom. The number of nitrogens with zero attached hydrogens (tertiary/aromatic N) is 3. The molecule has 168 valence electrons. The van der Waals surface area contributed by atoms with Crippen molar-refractivity contribution in [3.05, 3.63) is 64.3 Å². The summed E-state index contributed by atoms with van der Waals surface area (Å²) in [6.07, 6.45) is 5.39. The summed E-state index contributed by atoms with van der Waals surface area (Å²) < 4.78 is 8.67. The number of benzene rings is 1. The predicted octanol–water partition coefficient (Wildman–Crippen LogP) is 4.89. The van der Waals surface area contributed by atoms with Gasteiger partial charge in [0.25, 0.3) is 0 Å². The van der Waals surface area contributed by atoms with E-state index in [1.807, 2.05) is 37.4 Å². The van der Waals surface area contributed by atoms with Gasteiger partial charge in [0.2, 0.25) is 0 Å². The van der Waals surface area contributed by atoms with E-state index < -0.39 is 0 Å². The zero-order chi connectivity index (χ0) is 22.8. The van der Waals surface area contributed by atoms with E-state index in [4.69, 9.17) is 4.74 Å². The highest BCUT2D eigenvalue weighted by Crippen LogP contribution is 2.31. The van der Waals surface area contributed by atoms with Gasteiger partial charge < -0.3 is 9.72 Å². The number of aromatic nitrogens is 4. The lowest BCUT2D eigenvalue weighted by Gasteiger charge is -2.17. The normalized spacial score (nSPS) is 13.5. The van der Waals surface area contributed by atoms with E-state index in [2.05, 4.69) is 29.9 Å². The summed E-state index contributed by atoms with van der Waals surface area (Å²) in [5.74, 6) is -0.289. The molecule has 4 aromatic rings. The molecule has 1 unspecified atom stereocenters. The average Bonchev–Trinajstić information content (AvgIpc) is 3.33. The van der Waals surface area contributed by atoms with Crippen LogP contribution in [-0.2, 0) is 9.53 Å². The van der Waals surface area contributed by atoms with Crippen LogP contribution in [0.5, 0.6) is 0 Å².